The van der Waals surface area contributed by atoms with Crippen molar-refractivity contribution in [3.8, 4) is 0 Å². The molecule has 1 fully saturated rings. The van der Waals surface area contributed by atoms with Crippen molar-refractivity contribution in [2.75, 3.05) is 11.9 Å². The molecule has 0 radical (unpaired) electrons. The Morgan fingerprint density at radius 3 is 2.78 bits per heavy atom. The first-order valence-corrected chi connectivity index (χ1v) is 7.42. The van der Waals surface area contributed by atoms with Crippen LogP contribution in [0.5, 0.6) is 0 Å². The smallest absolute Gasteiger partial charge is 0.137 e. The Morgan fingerprint density at radius 1 is 1.28 bits per heavy atom. The van der Waals surface area contributed by atoms with Gasteiger partial charge in [-0.25, -0.2) is 9.97 Å². The lowest BCUT2D eigenvalue weighted by molar-refractivity contribution is 0.373. The Labute approximate surface area is 114 Å². The molecule has 1 saturated carbocycles. The first-order chi connectivity index (χ1) is 8.81. The third-order valence-corrected chi connectivity index (χ3v) is 4.00. The summed E-state index contributed by atoms with van der Waals surface area (Å²) in [5.41, 5.74) is 1.07. The van der Waals surface area contributed by atoms with Gasteiger partial charge in [0.1, 0.15) is 17.3 Å². The fourth-order valence-electron chi connectivity index (χ4n) is 2.65. The molecule has 4 heteroatoms. The molecule has 1 aliphatic carbocycles. The zero-order valence-corrected chi connectivity index (χ0v) is 11.8. The van der Waals surface area contributed by atoms with Crippen LogP contribution < -0.4 is 5.32 Å². The van der Waals surface area contributed by atoms with Crippen molar-refractivity contribution in [2.24, 2.45) is 5.92 Å². The van der Waals surface area contributed by atoms with Crippen LogP contribution in [0.1, 0.15) is 51.0 Å². The molecule has 1 N–H and O–H groups in total. The molecule has 18 heavy (non-hydrogen) atoms. The molecule has 1 aromatic rings. The molecule has 0 saturated heterocycles. The summed E-state index contributed by atoms with van der Waals surface area (Å²) in [6, 6.07) is 0. The predicted molar refractivity (Wildman–Crippen MR) is 76.1 cm³/mol. The van der Waals surface area contributed by atoms with E-state index in [-0.39, 0.29) is 0 Å². The van der Waals surface area contributed by atoms with E-state index in [9.17, 15) is 0 Å². The Kier molecular flexibility index (Phi) is 5.24. The molecule has 0 bridgehead atoms. The molecule has 0 spiro atoms. The highest BCUT2D eigenvalue weighted by molar-refractivity contribution is 6.30. The van der Waals surface area contributed by atoms with Gasteiger partial charge in [-0.3, -0.25) is 0 Å². The maximum atomic E-state index is 6.14. The summed E-state index contributed by atoms with van der Waals surface area (Å²) in [5, 5.41) is 4.07. The number of hydrogen-bond acceptors (Lipinski definition) is 3. The van der Waals surface area contributed by atoms with Crippen LogP contribution in [0, 0.1) is 5.92 Å². The van der Waals surface area contributed by atoms with Crippen LogP contribution in [-0.4, -0.2) is 16.5 Å². The van der Waals surface area contributed by atoms with Crippen molar-refractivity contribution in [1.29, 1.82) is 0 Å². The number of aromatic nitrogens is 2. The summed E-state index contributed by atoms with van der Waals surface area (Å²) < 4.78 is 0. The highest BCUT2D eigenvalue weighted by atomic mass is 35.5. The van der Waals surface area contributed by atoms with Gasteiger partial charge in [0.15, 0.2) is 0 Å². The Morgan fingerprint density at radius 2 is 2.06 bits per heavy atom. The van der Waals surface area contributed by atoms with E-state index in [1.807, 2.05) is 0 Å². The van der Waals surface area contributed by atoms with Crippen LogP contribution in [0.2, 0.25) is 5.15 Å². The van der Waals surface area contributed by atoms with E-state index in [1.54, 1.807) is 6.33 Å². The van der Waals surface area contributed by atoms with Gasteiger partial charge in [0.05, 0.1) is 0 Å². The average Bonchev–Trinajstić information content (AvgIpc) is 2.41. The monoisotopic (exact) mass is 267 g/mol. The van der Waals surface area contributed by atoms with Crippen LogP contribution in [0.3, 0.4) is 0 Å². The molecular formula is C14H22ClN3. The van der Waals surface area contributed by atoms with E-state index in [1.165, 1.54) is 32.1 Å². The molecular weight excluding hydrogens is 246 g/mol. The van der Waals surface area contributed by atoms with Crippen LogP contribution >= 0.6 is 11.6 Å². The maximum absolute atomic E-state index is 6.14. The first-order valence-electron chi connectivity index (χ1n) is 7.04. The third-order valence-electron chi connectivity index (χ3n) is 3.68. The summed E-state index contributed by atoms with van der Waals surface area (Å²) in [6.45, 7) is 3.16. The third kappa shape index (κ3) is 3.58. The second kappa shape index (κ2) is 6.93. The normalized spacial score (nSPS) is 16.8. The van der Waals surface area contributed by atoms with Crippen molar-refractivity contribution in [3.05, 3.63) is 17.0 Å². The minimum Gasteiger partial charge on any atom is -0.369 e. The lowest BCUT2D eigenvalue weighted by Gasteiger charge is -2.22. The molecule has 2 rings (SSSR count). The van der Waals surface area contributed by atoms with E-state index in [2.05, 4.69) is 22.2 Å². The molecule has 1 heterocycles. The van der Waals surface area contributed by atoms with Crippen molar-refractivity contribution in [1.82, 2.24) is 9.97 Å². The largest absolute Gasteiger partial charge is 0.369 e. The van der Waals surface area contributed by atoms with Crippen molar-refractivity contribution >= 4 is 17.4 Å². The molecule has 0 amide bonds. The van der Waals surface area contributed by atoms with E-state index < -0.39 is 0 Å². The summed E-state index contributed by atoms with van der Waals surface area (Å²) in [7, 11) is 0. The number of hydrogen-bond donors (Lipinski definition) is 1. The van der Waals surface area contributed by atoms with Gasteiger partial charge < -0.3 is 5.32 Å². The lowest BCUT2D eigenvalue weighted by Crippen LogP contribution is -2.18. The first kappa shape index (κ1) is 13.6. The van der Waals surface area contributed by atoms with Crippen LogP contribution in [0.25, 0.3) is 0 Å². The molecule has 100 valence electrons. The summed E-state index contributed by atoms with van der Waals surface area (Å²) in [4.78, 5) is 8.40. The number of halogens is 1. The Bertz CT molecular complexity index is 375. The standard InChI is InChI=1S/C14H22ClN3/c1-2-6-12-13(15)17-10-18-14(12)16-9-11-7-4-3-5-8-11/h10-11H,2-9H2,1H3,(H,16,17,18). The fourth-order valence-corrected chi connectivity index (χ4v) is 2.87. The number of nitrogens with zero attached hydrogens (tertiary/aromatic N) is 2. The van der Waals surface area contributed by atoms with Gasteiger partial charge in [0.25, 0.3) is 0 Å². The van der Waals surface area contributed by atoms with Gasteiger partial charge in [0, 0.05) is 12.1 Å². The molecule has 0 aliphatic heterocycles. The average molecular weight is 268 g/mol. The van der Waals surface area contributed by atoms with Gasteiger partial charge in [0.2, 0.25) is 0 Å². The SMILES string of the molecule is CCCc1c(Cl)ncnc1NCC1CCCCC1. The number of anilines is 1. The number of rotatable bonds is 5. The van der Waals surface area contributed by atoms with Gasteiger partial charge >= 0.3 is 0 Å². The van der Waals surface area contributed by atoms with Crippen LogP contribution in [0.15, 0.2) is 6.33 Å². The highest BCUT2D eigenvalue weighted by Gasteiger charge is 2.15. The Hall–Kier alpha value is -0.830. The highest BCUT2D eigenvalue weighted by Crippen LogP contribution is 2.26. The lowest BCUT2D eigenvalue weighted by atomic mass is 9.89. The zero-order chi connectivity index (χ0) is 12.8. The quantitative estimate of drug-likeness (QED) is 0.817. The minimum atomic E-state index is 0.595. The maximum Gasteiger partial charge on any atom is 0.137 e. The molecule has 0 atom stereocenters. The summed E-state index contributed by atoms with van der Waals surface area (Å²) >= 11 is 6.14. The zero-order valence-electron chi connectivity index (χ0n) is 11.1. The molecule has 0 unspecified atom stereocenters. The Balaban J connectivity index is 1.97. The minimum absolute atomic E-state index is 0.595. The van der Waals surface area contributed by atoms with Gasteiger partial charge in [-0.1, -0.05) is 44.2 Å². The molecule has 0 aromatic carbocycles. The van der Waals surface area contributed by atoms with Crippen LogP contribution in [0.4, 0.5) is 5.82 Å². The van der Waals surface area contributed by atoms with Gasteiger partial charge in [-0.15, -0.1) is 0 Å². The van der Waals surface area contributed by atoms with Gasteiger partial charge in [-0.2, -0.15) is 0 Å². The molecule has 1 aliphatic rings. The second-order valence-electron chi connectivity index (χ2n) is 5.13. The molecule has 3 nitrogen and oxygen atoms in total. The van der Waals surface area contributed by atoms with Crippen molar-refractivity contribution in [2.45, 2.75) is 51.9 Å². The van der Waals surface area contributed by atoms with E-state index in [0.717, 1.165) is 36.7 Å². The second-order valence-corrected chi connectivity index (χ2v) is 5.48. The number of nitrogens with one attached hydrogen (secondary N) is 1. The fraction of sp³-hybridized carbons (Fsp3) is 0.714. The molecule has 1 aromatic heterocycles. The van der Waals surface area contributed by atoms with Gasteiger partial charge in [-0.05, 0) is 25.2 Å². The summed E-state index contributed by atoms with van der Waals surface area (Å²) in [6.07, 6.45) is 10.4. The van der Waals surface area contributed by atoms with Crippen molar-refractivity contribution < 1.29 is 0 Å². The van der Waals surface area contributed by atoms with Crippen molar-refractivity contribution in [3.63, 3.8) is 0 Å². The summed E-state index contributed by atoms with van der Waals surface area (Å²) in [5.74, 6) is 1.73. The van der Waals surface area contributed by atoms with Crippen LogP contribution in [-0.2, 0) is 6.42 Å². The predicted octanol–water partition coefficient (Wildman–Crippen LogP) is 4.07. The van der Waals surface area contributed by atoms with E-state index in [0.29, 0.717) is 5.15 Å². The van der Waals surface area contributed by atoms with E-state index >= 15 is 0 Å². The van der Waals surface area contributed by atoms with E-state index in [4.69, 9.17) is 11.6 Å². The topological polar surface area (TPSA) is 37.8 Å².